The first-order valence-electron chi connectivity index (χ1n) is 7.02. The van der Waals surface area contributed by atoms with Gasteiger partial charge in [0.2, 0.25) is 5.91 Å². The van der Waals surface area contributed by atoms with Gasteiger partial charge in [-0.15, -0.1) is 0 Å². The third-order valence-corrected chi connectivity index (χ3v) is 3.82. The molecule has 1 aromatic rings. The van der Waals surface area contributed by atoms with Crippen LogP contribution in [-0.2, 0) is 14.3 Å². The van der Waals surface area contributed by atoms with Crippen LogP contribution in [0.15, 0.2) is 24.3 Å². The van der Waals surface area contributed by atoms with Gasteiger partial charge in [0.15, 0.2) is 5.92 Å². The molecule has 1 saturated heterocycles. The second kappa shape index (κ2) is 5.68. The number of benzene rings is 1. The van der Waals surface area contributed by atoms with Gasteiger partial charge in [-0.25, -0.2) is 0 Å². The van der Waals surface area contributed by atoms with Crippen molar-refractivity contribution in [3.63, 3.8) is 0 Å². The lowest BCUT2D eigenvalue weighted by atomic mass is 9.78. The first-order valence-corrected chi connectivity index (χ1v) is 7.40. The molecule has 0 aliphatic carbocycles. The molecule has 2 rings (SSSR count). The molecule has 114 valence electrons. The summed E-state index contributed by atoms with van der Waals surface area (Å²) in [6.45, 7) is 7.87. The summed E-state index contributed by atoms with van der Waals surface area (Å²) in [4.78, 5) is 26.2. The molecule has 1 aliphatic rings. The van der Waals surface area contributed by atoms with Crippen LogP contribution in [-0.4, -0.2) is 28.9 Å². The second-order valence-electron chi connectivity index (χ2n) is 6.11. The lowest BCUT2D eigenvalue weighted by Gasteiger charge is -2.52. The predicted molar refractivity (Wildman–Crippen MR) is 80.9 cm³/mol. The Balaban J connectivity index is 2.36. The van der Waals surface area contributed by atoms with E-state index < -0.39 is 11.9 Å². The molecule has 2 atom stereocenters. The highest BCUT2D eigenvalue weighted by atomic mass is 35.5. The Morgan fingerprint density at radius 3 is 2.33 bits per heavy atom. The smallest absolute Gasteiger partial charge is 0.321 e. The summed E-state index contributed by atoms with van der Waals surface area (Å²) in [5.74, 6) is -1.39. The van der Waals surface area contributed by atoms with Gasteiger partial charge in [-0.3, -0.25) is 9.59 Å². The van der Waals surface area contributed by atoms with Crippen LogP contribution < -0.4 is 0 Å². The van der Waals surface area contributed by atoms with Crippen molar-refractivity contribution in [2.75, 3.05) is 6.61 Å². The van der Waals surface area contributed by atoms with Crippen LogP contribution >= 0.6 is 11.6 Å². The van der Waals surface area contributed by atoms with E-state index in [0.717, 1.165) is 5.56 Å². The number of carbonyl (C=O) groups is 2. The van der Waals surface area contributed by atoms with Gasteiger partial charge < -0.3 is 9.64 Å². The SMILES string of the molecule is CCOC(=O)[C@H]1C(=O)N(C(C)(C)C)[C@H]1c1ccc(Cl)cc1. The van der Waals surface area contributed by atoms with Crippen LogP contribution in [0.1, 0.15) is 39.3 Å². The van der Waals surface area contributed by atoms with Crippen LogP contribution in [0.25, 0.3) is 0 Å². The number of carbonyl (C=O) groups excluding carboxylic acids is 2. The van der Waals surface area contributed by atoms with Gasteiger partial charge in [0.25, 0.3) is 0 Å². The largest absolute Gasteiger partial charge is 0.465 e. The number of hydrogen-bond donors (Lipinski definition) is 0. The fraction of sp³-hybridized carbons (Fsp3) is 0.500. The highest BCUT2D eigenvalue weighted by molar-refractivity contribution is 6.30. The van der Waals surface area contributed by atoms with Crippen LogP contribution in [0.2, 0.25) is 5.02 Å². The van der Waals surface area contributed by atoms with E-state index in [2.05, 4.69) is 0 Å². The summed E-state index contributed by atoms with van der Waals surface area (Å²) in [5.41, 5.74) is 0.539. The standard InChI is InChI=1S/C16H20ClNO3/c1-5-21-15(20)12-13(10-6-8-11(17)9-7-10)18(14(12)19)16(2,3)4/h6-9,12-13H,5H2,1-4H3/t12-,13+/m1/s1. The Morgan fingerprint density at radius 2 is 1.86 bits per heavy atom. The fourth-order valence-electron chi connectivity index (χ4n) is 2.70. The molecular weight excluding hydrogens is 290 g/mol. The van der Waals surface area contributed by atoms with Gasteiger partial charge >= 0.3 is 5.97 Å². The van der Waals surface area contributed by atoms with Gasteiger partial charge in [0.1, 0.15) is 0 Å². The van der Waals surface area contributed by atoms with Gasteiger partial charge in [-0.2, -0.15) is 0 Å². The molecule has 21 heavy (non-hydrogen) atoms. The summed E-state index contributed by atoms with van der Waals surface area (Å²) < 4.78 is 5.04. The third kappa shape index (κ3) is 2.91. The Bertz CT molecular complexity index is 548. The molecule has 0 saturated carbocycles. The zero-order valence-corrected chi connectivity index (χ0v) is 13.5. The number of halogens is 1. The number of likely N-dealkylation sites (tertiary alicyclic amines) is 1. The van der Waals surface area contributed by atoms with Gasteiger partial charge in [0.05, 0.1) is 12.6 Å². The molecule has 0 unspecified atom stereocenters. The zero-order chi connectivity index (χ0) is 15.8. The quantitative estimate of drug-likeness (QED) is 0.489. The molecule has 0 bridgehead atoms. The lowest BCUT2D eigenvalue weighted by Crippen LogP contribution is -2.64. The first kappa shape index (κ1) is 15.8. The summed E-state index contributed by atoms with van der Waals surface area (Å²) in [6.07, 6.45) is 0. The van der Waals surface area contributed by atoms with Crippen molar-refractivity contribution in [3.05, 3.63) is 34.9 Å². The number of amides is 1. The molecular formula is C16H20ClNO3. The second-order valence-corrected chi connectivity index (χ2v) is 6.54. The highest BCUT2D eigenvalue weighted by Gasteiger charge is 2.56. The summed E-state index contributed by atoms with van der Waals surface area (Å²) in [7, 11) is 0. The van der Waals surface area contributed by atoms with E-state index in [4.69, 9.17) is 16.3 Å². The predicted octanol–water partition coefficient (Wildman–Crippen LogP) is 3.20. The minimum Gasteiger partial charge on any atom is -0.465 e. The van der Waals surface area contributed by atoms with Crippen molar-refractivity contribution in [2.24, 2.45) is 5.92 Å². The minimum atomic E-state index is -0.759. The summed E-state index contributed by atoms with van der Waals surface area (Å²) in [6, 6.07) is 6.94. The van der Waals surface area contributed by atoms with Crippen molar-refractivity contribution in [2.45, 2.75) is 39.3 Å². The van der Waals surface area contributed by atoms with Crippen molar-refractivity contribution >= 4 is 23.5 Å². The number of β-lactam (4-membered cyclic amide) rings is 1. The molecule has 4 nitrogen and oxygen atoms in total. The molecule has 0 aromatic heterocycles. The third-order valence-electron chi connectivity index (χ3n) is 3.57. The lowest BCUT2D eigenvalue weighted by molar-refractivity contribution is -0.180. The molecule has 5 heteroatoms. The monoisotopic (exact) mass is 309 g/mol. The molecule has 0 N–H and O–H groups in total. The number of hydrogen-bond acceptors (Lipinski definition) is 3. The number of nitrogens with zero attached hydrogens (tertiary/aromatic N) is 1. The Hall–Kier alpha value is -1.55. The molecule has 1 heterocycles. The molecule has 1 amide bonds. The average Bonchev–Trinajstić information content (AvgIpc) is 2.35. The number of esters is 1. The van der Waals surface area contributed by atoms with Crippen LogP contribution in [0.3, 0.4) is 0 Å². The van der Waals surface area contributed by atoms with E-state index >= 15 is 0 Å². The molecule has 0 spiro atoms. The maximum atomic E-state index is 12.4. The number of ether oxygens (including phenoxy) is 1. The Kier molecular flexibility index (Phi) is 4.28. The summed E-state index contributed by atoms with van der Waals surface area (Å²) in [5, 5.41) is 0.624. The number of rotatable bonds is 3. The van der Waals surface area contributed by atoms with Gasteiger partial charge in [0, 0.05) is 10.6 Å². The van der Waals surface area contributed by atoms with Crippen molar-refractivity contribution < 1.29 is 14.3 Å². The van der Waals surface area contributed by atoms with Crippen molar-refractivity contribution in [1.82, 2.24) is 4.90 Å². The van der Waals surface area contributed by atoms with E-state index in [1.165, 1.54) is 0 Å². The molecule has 1 aliphatic heterocycles. The Labute approximate surface area is 130 Å². The van der Waals surface area contributed by atoms with Crippen molar-refractivity contribution in [1.29, 1.82) is 0 Å². The Morgan fingerprint density at radius 1 is 1.29 bits per heavy atom. The summed E-state index contributed by atoms with van der Waals surface area (Å²) >= 11 is 5.91. The normalized spacial score (nSPS) is 22.0. The maximum absolute atomic E-state index is 12.4. The zero-order valence-electron chi connectivity index (χ0n) is 12.7. The van der Waals surface area contributed by atoms with Gasteiger partial charge in [-0.05, 0) is 45.4 Å². The van der Waals surface area contributed by atoms with E-state index in [9.17, 15) is 9.59 Å². The van der Waals surface area contributed by atoms with E-state index in [-0.39, 0.29) is 24.1 Å². The minimum absolute atomic E-state index is 0.180. The van der Waals surface area contributed by atoms with E-state index in [0.29, 0.717) is 5.02 Å². The van der Waals surface area contributed by atoms with E-state index in [1.54, 1.807) is 24.0 Å². The topological polar surface area (TPSA) is 46.6 Å². The van der Waals surface area contributed by atoms with Crippen LogP contribution in [0, 0.1) is 5.92 Å². The maximum Gasteiger partial charge on any atom is 0.321 e. The molecule has 1 aromatic carbocycles. The first-order chi connectivity index (χ1) is 9.77. The van der Waals surface area contributed by atoms with Crippen LogP contribution in [0.4, 0.5) is 0 Å². The molecule has 0 radical (unpaired) electrons. The van der Waals surface area contributed by atoms with Gasteiger partial charge in [-0.1, -0.05) is 23.7 Å². The van der Waals surface area contributed by atoms with Crippen LogP contribution in [0.5, 0.6) is 0 Å². The molecule has 1 fully saturated rings. The fourth-order valence-corrected chi connectivity index (χ4v) is 2.83. The van der Waals surface area contributed by atoms with E-state index in [1.807, 2.05) is 32.9 Å². The highest BCUT2D eigenvalue weighted by Crippen LogP contribution is 2.45. The average molecular weight is 310 g/mol. The van der Waals surface area contributed by atoms with Crippen molar-refractivity contribution in [3.8, 4) is 0 Å².